The first kappa shape index (κ1) is 24.8. The minimum atomic E-state index is -3.66. The zero-order valence-electron chi connectivity index (χ0n) is 20.6. The van der Waals surface area contributed by atoms with Crippen LogP contribution in [-0.4, -0.2) is 63.3 Å². The van der Waals surface area contributed by atoms with E-state index in [1.165, 1.54) is 9.21 Å². The Hall–Kier alpha value is -2.91. The molecule has 192 valence electrons. The smallest absolute Gasteiger partial charge is 0.250 e. The molecule has 0 radical (unpaired) electrons. The maximum absolute atomic E-state index is 13.6. The molecule has 2 amide bonds. The van der Waals surface area contributed by atoms with E-state index in [2.05, 4.69) is 10.2 Å². The number of nitrogens with zero attached hydrogens (tertiary/aromatic N) is 3. The van der Waals surface area contributed by atoms with Crippen LogP contribution in [0.1, 0.15) is 44.1 Å². The average Bonchev–Trinajstić information content (AvgIpc) is 2.92. The molecule has 2 aromatic rings. The Labute approximate surface area is 213 Å². The highest BCUT2D eigenvalue weighted by molar-refractivity contribution is 7.89. The van der Waals surface area contributed by atoms with Gasteiger partial charge in [-0.3, -0.25) is 14.5 Å². The fraction of sp³-hybridized carbons (Fsp3) is 0.481. The quantitative estimate of drug-likeness (QED) is 0.619. The first-order valence-corrected chi connectivity index (χ1v) is 14.4. The van der Waals surface area contributed by atoms with Gasteiger partial charge in [0.15, 0.2) is 0 Å². The molecule has 1 N–H and O–H groups in total. The zero-order valence-corrected chi connectivity index (χ0v) is 21.4. The topological polar surface area (TPSA) is 90.0 Å². The average molecular weight is 511 g/mol. The highest BCUT2D eigenvalue weighted by Gasteiger charge is 2.41. The third-order valence-electron chi connectivity index (χ3n) is 7.43. The predicted molar refractivity (Wildman–Crippen MR) is 140 cm³/mol. The van der Waals surface area contributed by atoms with E-state index in [0.717, 1.165) is 56.3 Å². The molecule has 0 aromatic heterocycles. The van der Waals surface area contributed by atoms with Crippen LogP contribution in [0.25, 0.3) is 0 Å². The highest BCUT2D eigenvalue weighted by atomic mass is 32.2. The Balaban J connectivity index is 1.39. The summed E-state index contributed by atoms with van der Waals surface area (Å²) in [5, 5.41) is 2.93. The van der Waals surface area contributed by atoms with Crippen LogP contribution in [0, 0.1) is 0 Å². The Morgan fingerprint density at radius 3 is 2.44 bits per heavy atom. The van der Waals surface area contributed by atoms with E-state index >= 15 is 0 Å². The molecule has 0 aliphatic carbocycles. The maximum atomic E-state index is 13.6. The van der Waals surface area contributed by atoms with Gasteiger partial charge in [0.25, 0.3) is 0 Å². The summed E-state index contributed by atoms with van der Waals surface area (Å²) in [4.78, 5) is 30.2. The molecule has 36 heavy (non-hydrogen) atoms. The summed E-state index contributed by atoms with van der Waals surface area (Å²) in [5.74, 6) is -0.383. The maximum Gasteiger partial charge on any atom is 0.250 e. The summed E-state index contributed by atoms with van der Waals surface area (Å²) >= 11 is 0. The van der Waals surface area contributed by atoms with Crippen molar-refractivity contribution in [3.63, 3.8) is 0 Å². The number of piperidine rings is 2. The van der Waals surface area contributed by atoms with E-state index < -0.39 is 10.0 Å². The van der Waals surface area contributed by atoms with Gasteiger partial charge in [0.2, 0.25) is 21.8 Å². The van der Waals surface area contributed by atoms with Crippen molar-refractivity contribution in [1.29, 1.82) is 0 Å². The Kier molecular flexibility index (Phi) is 7.29. The lowest BCUT2D eigenvalue weighted by molar-refractivity contribution is -0.124. The summed E-state index contributed by atoms with van der Waals surface area (Å²) in [7, 11) is -3.66. The van der Waals surface area contributed by atoms with Gasteiger partial charge in [-0.15, -0.1) is 0 Å². The SMILES string of the molecule is O=C(CN1C(=O)[C@H]2CCCCN2c2ccc(S(=O)(=O)N3CCCCC3)cc21)NCCc1ccccc1. The van der Waals surface area contributed by atoms with Gasteiger partial charge in [0.05, 0.1) is 16.3 Å². The highest BCUT2D eigenvalue weighted by Crippen LogP contribution is 2.41. The number of rotatable bonds is 7. The van der Waals surface area contributed by atoms with E-state index in [1.54, 1.807) is 12.1 Å². The number of sulfonamides is 1. The number of fused-ring (bicyclic) bond motifs is 3. The third-order valence-corrected chi connectivity index (χ3v) is 9.33. The Bertz CT molecular complexity index is 1210. The van der Waals surface area contributed by atoms with Crippen molar-refractivity contribution in [1.82, 2.24) is 9.62 Å². The summed E-state index contributed by atoms with van der Waals surface area (Å²) in [5.41, 5.74) is 2.46. The molecule has 5 rings (SSSR count). The second kappa shape index (κ2) is 10.6. The van der Waals surface area contributed by atoms with Crippen molar-refractivity contribution >= 4 is 33.2 Å². The second-order valence-corrected chi connectivity index (χ2v) is 11.8. The molecule has 0 saturated carbocycles. The van der Waals surface area contributed by atoms with Gasteiger partial charge in [0.1, 0.15) is 12.6 Å². The summed E-state index contributed by atoms with van der Waals surface area (Å²) < 4.78 is 28.3. The fourth-order valence-corrected chi connectivity index (χ4v) is 7.04. The Morgan fingerprint density at radius 1 is 0.917 bits per heavy atom. The van der Waals surface area contributed by atoms with Gasteiger partial charge in [-0.2, -0.15) is 4.31 Å². The van der Waals surface area contributed by atoms with Crippen LogP contribution in [0.3, 0.4) is 0 Å². The molecule has 0 spiro atoms. The van der Waals surface area contributed by atoms with Gasteiger partial charge >= 0.3 is 0 Å². The van der Waals surface area contributed by atoms with E-state index in [9.17, 15) is 18.0 Å². The number of nitrogens with one attached hydrogen (secondary N) is 1. The molecule has 2 saturated heterocycles. The molecule has 8 nitrogen and oxygen atoms in total. The van der Waals surface area contributed by atoms with Crippen LogP contribution in [0.4, 0.5) is 11.4 Å². The summed E-state index contributed by atoms with van der Waals surface area (Å²) in [6.07, 6.45) is 6.12. The minimum Gasteiger partial charge on any atom is -0.358 e. The monoisotopic (exact) mass is 510 g/mol. The fourth-order valence-electron chi connectivity index (χ4n) is 5.51. The van der Waals surface area contributed by atoms with Gasteiger partial charge in [-0.05, 0) is 62.3 Å². The summed E-state index contributed by atoms with van der Waals surface area (Å²) in [6.45, 7) is 2.12. The molecular formula is C27H34N4O4S. The Morgan fingerprint density at radius 2 is 1.67 bits per heavy atom. The van der Waals surface area contributed by atoms with E-state index in [-0.39, 0.29) is 29.3 Å². The van der Waals surface area contributed by atoms with Crippen molar-refractivity contribution in [3.8, 4) is 0 Å². The van der Waals surface area contributed by atoms with Crippen LogP contribution in [0.5, 0.6) is 0 Å². The number of carbonyl (C=O) groups is 2. The van der Waals surface area contributed by atoms with Crippen LogP contribution in [0.2, 0.25) is 0 Å². The van der Waals surface area contributed by atoms with E-state index in [1.807, 2.05) is 36.4 Å². The molecule has 3 aliphatic rings. The number of anilines is 2. The molecule has 0 unspecified atom stereocenters. The van der Waals surface area contributed by atoms with Crippen LogP contribution in [-0.2, 0) is 26.0 Å². The van der Waals surface area contributed by atoms with Crippen molar-refractivity contribution in [2.75, 3.05) is 42.5 Å². The molecule has 3 heterocycles. The van der Waals surface area contributed by atoms with E-state index in [0.29, 0.717) is 31.7 Å². The van der Waals surface area contributed by atoms with Crippen molar-refractivity contribution in [2.45, 2.75) is 55.9 Å². The molecule has 2 aromatic carbocycles. The number of benzene rings is 2. The predicted octanol–water partition coefficient (Wildman–Crippen LogP) is 2.93. The molecule has 1 atom stereocenters. The summed E-state index contributed by atoms with van der Waals surface area (Å²) in [6, 6.07) is 14.7. The van der Waals surface area contributed by atoms with Crippen molar-refractivity contribution in [3.05, 3.63) is 54.1 Å². The van der Waals surface area contributed by atoms with Gasteiger partial charge < -0.3 is 10.2 Å². The van der Waals surface area contributed by atoms with Crippen LogP contribution < -0.4 is 15.1 Å². The second-order valence-electron chi connectivity index (χ2n) is 9.83. The zero-order chi connectivity index (χ0) is 25.1. The largest absolute Gasteiger partial charge is 0.358 e. The van der Waals surface area contributed by atoms with Crippen LogP contribution >= 0.6 is 0 Å². The number of hydrogen-bond acceptors (Lipinski definition) is 5. The van der Waals surface area contributed by atoms with Gasteiger partial charge in [-0.25, -0.2) is 8.42 Å². The lowest BCUT2D eigenvalue weighted by Gasteiger charge is -2.45. The molecule has 2 fully saturated rings. The first-order valence-electron chi connectivity index (χ1n) is 13.0. The molecule has 3 aliphatic heterocycles. The lowest BCUT2D eigenvalue weighted by Crippen LogP contribution is -2.57. The minimum absolute atomic E-state index is 0.127. The third kappa shape index (κ3) is 4.99. The standard InChI is InChI=1S/C27H34N4O4S/c32-26(28-15-14-21-9-3-1-4-10-21)20-31-25-19-22(36(34,35)29-16-6-2-7-17-29)12-13-23(25)30-18-8-5-11-24(30)27(31)33/h1,3-4,9-10,12-13,19,24H,2,5-8,11,14-18,20H2,(H,28,32)/t24-/m1/s1. The number of carbonyl (C=O) groups excluding carboxylic acids is 2. The molecule has 9 heteroatoms. The molecule has 0 bridgehead atoms. The number of hydrogen-bond donors (Lipinski definition) is 1. The van der Waals surface area contributed by atoms with E-state index in [4.69, 9.17) is 0 Å². The first-order chi connectivity index (χ1) is 17.4. The van der Waals surface area contributed by atoms with Gasteiger partial charge in [0, 0.05) is 26.2 Å². The lowest BCUT2D eigenvalue weighted by atomic mass is 9.96. The van der Waals surface area contributed by atoms with Gasteiger partial charge in [-0.1, -0.05) is 36.8 Å². The van der Waals surface area contributed by atoms with Crippen molar-refractivity contribution in [2.24, 2.45) is 0 Å². The normalized spacial score (nSPS) is 20.6. The van der Waals surface area contributed by atoms with Crippen LogP contribution in [0.15, 0.2) is 53.4 Å². The number of amides is 2. The van der Waals surface area contributed by atoms with Crippen molar-refractivity contribution < 1.29 is 18.0 Å². The molecular weight excluding hydrogens is 476 g/mol.